The van der Waals surface area contributed by atoms with Crippen molar-refractivity contribution in [1.29, 1.82) is 0 Å². The van der Waals surface area contributed by atoms with E-state index in [-0.39, 0.29) is 11.5 Å². The van der Waals surface area contributed by atoms with Crippen molar-refractivity contribution >= 4 is 93.0 Å². The number of carbonyl (C=O) groups is 12. The van der Waals surface area contributed by atoms with Crippen molar-refractivity contribution in [3.8, 4) is 0 Å². The van der Waals surface area contributed by atoms with Gasteiger partial charge in [0.05, 0.1) is 14.2 Å². The molecule has 0 unspecified atom stereocenters. The summed E-state index contributed by atoms with van der Waals surface area (Å²) in [6, 6.07) is -2.81. The molecular weight excluding hydrogens is 1060 g/mol. The zero-order valence-corrected chi connectivity index (χ0v) is 51.6. The summed E-state index contributed by atoms with van der Waals surface area (Å²) < 4.78 is 20.3. The summed E-state index contributed by atoms with van der Waals surface area (Å²) in [5.41, 5.74) is -15.0. The van der Waals surface area contributed by atoms with Crippen LogP contribution in [0.5, 0.6) is 0 Å². The highest BCUT2D eigenvalue weighted by atomic mass is 33.1. The Labute approximate surface area is 466 Å². The second-order valence-corrected chi connectivity index (χ2v) is 27.2. The molecule has 0 aromatic carbocycles. The normalized spacial score (nSPS) is 13.6. The fourth-order valence-electron chi connectivity index (χ4n) is 5.88. The van der Waals surface area contributed by atoms with Crippen molar-refractivity contribution in [2.75, 3.05) is 25.7 Å². The van der Waals surface area contributed by atoms with Crippen molar-refractivity contribution in [2.24, 2.45) is 0 Å². The van der Waals surface area contributed by atoms with Crippen molar-refractivity contribution in [1.82, 2.24) is 53.2 Å². The van der Waals surface area contributed by atoms with Gasteiger partial charge in [0.1, 0.15) is 67.6 Å². The van der Waals surface area contributed by atoms with E-state index in [9.17, 15) is 57.5 Å². The number of rotatable bonds is 25. The Kier molecular flexibility index (Phi) is 24.7. The molecule has 0 aromatic heterocycles. The van der Waals surface area contributed by atoms with Gasteiger partial charge in [0.15, 0.2) is 0 Å². The monoisotopic (exact) mass is 1150 g/mol. The predicted molar refractivity (Wildman–Crippen MR) is 293 cm³/mol. The van der Waals surface area contributed by atoms with Crippen molar-refractivity contribution in [2.45, 2.75) is 220 Å². The molecule has 0 heterocycles. The summed E-state index contributed by atoms with van der Waals surface area (Å²) in [7, 11) is 4.25. The van der Waals surface area contributed by atoms with Crippen LogP contribution in [0, 0.1) is 0 Å². The fourth-order valence-corrected chi connectivity index (χ4v) is 8.21. The van der Waals surface area contributed by atoms with Gasteiger partial charge in [0.25, 0.3) is 0 Å². The van der Waals surface area contributed by atoms with Crippen LogP contribution >= 0.6 is 21.6 Å². The molecule has 0 saturated carbocycles. The first-order valence-corrected chi connectivity index (χ1v) is 27.2. The first kappa shape index (κ1) is 71.9. The molecule has 0 aliphatic heterocycles. The molecule has 0 bridgehead atoms. The predicted octanol–water partition coefficient (Wildman–Crippen LogP) is 1.66. The maximum absolute atomic E-state index is 14.0. The SMILES string of the molecule is COC(=O)C(C)(C)NC(=O)C(C)(C)NC(=O)C(C)(C)NC(=O)C(C)(C)NC(=O)[C@H](CSSC[C@H](NC(=O)OC(C)(C)C)C(=O)NC(C)(C)C(=O)NC(C)(C)C(=O)NC(C)(C)C(=O)NC(C)(C)C(=O)OC)NC(=O)OC(C)(C)C. The molecule has 28 heteroatoms. The van der Waals surface area contributed by atoms with Crippen molar-refractivity contribution in [3.05, 3.63) is 0 Å². The number of nitrogens with one attached hydrogen (secondary N) is 10. The van der Waals surface area contributed by atoms with Gasteiger partial charge in [-0.15, -0.1) is 0 Å². The second-order valence-electron chi connectivity index (χ2n) is 24.7. The standard InChI is InChI=1S/C50H88N10O16S2/c1-41(2,3)75-39(71)51-27(29(61)53-43(7,8)31(63)55-45(11,12)33(65)57-47(15,16)35(67)59-49(19,20)37(69)73-23)25-77-78-26-28(52-40(72)76-42(4,5)6)30(62)54-44(9,10)32(64)56-46(13,14)34(66)58-48(17,18)36(68)60-50(21,22)38(70)74-24/h27-28H,25-26H2,1-24H3,(H,51,71)(H,52,72)(H,53,61)(H,54,62)(H,55,63)(H,56,64)(H,57,65)(H,58,66)(H,59,67)(H,60,68)/t27-,28-/m0/s1. The third-order valence-corrected chi connectivity index (χ3v) is 13.2. The zero-order valence-electron chi connectivity index (χ0n) is 49.9. The lowest BCUT2D eigenvalue weighted by Gasteiger charge is -2.36. The zero-order chi connectivity index (χ0) is 61.8. The van der Waals surface area contributed by atoms with Gasteiger partial charge in [-0.3, -0.25) is 38.4 Å². The molecule has 0 spiro atoms. The summed E-state index contributed by atoms with van der Waals surface area (Å²) in [6.07, 6.45) is -1.98. The van der Waals surface area contributed by atoms with Gasteiger partial charge in [0.2, 0.25) is 47.3 Å². The van der Waals surface area contributed by atoms with Crippen molar-refractivity contribution in [3.63, 3.8) is 0 Å². The van der Waals surface area contributed by atoms with Gasteiger partial charge in [-0.1, -0.05) is 21.6 Å². The molecule has 0 aromatic rings. The van der Waals surface area contributed by atoms with Crippen molar-refractivity contribution < 1.29 is 76.5 Å². The maximum Gasteiger partial charge on any atom is 0.408 e. The molecular formula is C50H88N10O16S2. The Bertz CT molecular complexity index is 2130. The highest BCUT2D eigenvalue weighted by molar-refractivity contribution is 8.76. The van der Waals surface area contributed by atoms with Crippen LogP contribution in [0.1, 0.15) is 152 Å². The molecule has 0 fully saturated rings. The Balaban J connectivity index is 6.42. The third kappa shape index (κ3) is 23.5. The van der Waals surface area contributed by atoms with E-state index in [1.165, 1.54) is 111 Å². The average Bonchev–Trinajstić information content (AvgIpc) is 3.23. The van der Waals surface area contributed by atoms with Gasteiger partial charge in [-0.2, -0.15) is 0 Å². The minimum absolute atomic E-state index is 0.224. The number of carbonyl (C=O) groups excluding carboxylic acids is 12. The maximum atomic E-state index is 14.0. The fraction of sp³-hybridized carbons (Fsp3) is 0.760. The topological polar surface area (TPSA) is 362 Å². The number of hydrogen-bond donors (Lipinski definition) is 10. The van der Waals surface area contributed by atoms with Crippen LogP contribution in [0.25, 0.3) is 0 Å². The molecule has 0 rings (SSSR count). The highest BCUT2D eigenvalue weighted by Gasteiger charge is 2.45. The summed E-state index contributed by atoms with van der Waals surface area (Å²) in [6.45, 7) is 31.6. The molecule has 26 nitrogen and oxygen atoms in total. The lowest BCUT2D eigenvalue weighted by molar-refractivity contribution is -0.150. The Morgan fingerprint density at radius 3 is 0.705 bits per heavy atom. The number of methoxy groups -OCH3 is 2. The van der Waals surface area contributed by atoms with Crippen LogP contribution in [-0.4, -0.2) is 165 Å². The quantitative estimate of drug-likeness (QED) is 0.0269. The van der Waals surface area contributed by atoms with Crippen LogP contribution < -0.4 is 53.2 Å². The number of amides is 10. The highest BCUT2D eigenvalue weighted by Crippen LogP contribution is 2.25. The minimum atomic E-state index is -1.76. The average molecular weight is 1150 g/mol. The summed E-state index contributed by atoms with van der Waals surface area (Å²) >= 11 is 0. The van der Waals surface area contributed by atoms with Gasteiger partial charge < -0.3 is 72.1 Å². The van der Waals surface area contributed by atoms with E-state index >= 15 is 0 Å². The summed E-state index contributed by atoms with van der Waals surface area (Å²) in [5, 5.41) is 25.4. The largest absolute Gasteiger partial charge is 0.467 e. The van der Waals surface area contributed by atoms with Crippen LogP contribution in [0.3, 0.4) is 0 Å². The number of esters is 2. The van der Waals surface area contributed by atoms with E-state index < -0.39 is 139 Å². The number of ether oxygens (including phenoxy) is 4. The molecule has 446 valence electrons. The van der Waals surface area contributed by atoms with Crippen LogP contribution in [-0.2, 0) is 66.9 Å². The third-order valence-electron chi connectivity index (χ3n) is 10.8. The molecule has 0 radical (unpaired) electrons. The Morgan fingerprint density at radius 2 is 0.513 bits per heavy atom. The number of alkyl carbamates (subject to hydrolysis) is 2. The van der Waals surface area contributed by atoms with Crippen LogP contribution in [0.15, 0.2) is 0 Å². The lowest BCUT2D eigenvalue weighted by Crippen LogP contribution is -2.67. The Hall–Kier alpha value is -6.06. The molecule has 78 heavy (non-hydrogen) atoms. The lowest BCUT2D eigenvalue weighted by atomic mass is 9.95. The summed E-state index contributed by atoms with van der Waals surface area (Å²) in [4.78, 5) is 159. The Morgan fingerprint density at radius 1 is 0.321 bits per heavy atom. The molecule has 0 aliphatic rings. The first-order valence-electron chi connectivity index (χ1n) is 24.7. The molecule has 0 aliphatic carbocycles. The second kappa shape index (κ2) is 26.7. The van der Waals surface area contributed by atoms with E-state index in [2.05, 4.69) is 53.2 Å². The summed E-state index contributed by atoms with van der Waals surface area (Å²) in [5.74, 6) is -8.42. The minimum Gasteiger partial charge on any atom is -0.467 e. The van der Waals surface area contributed by atoms with E-state index in [0.717, 1.165) is 35.8 Å². The van der Waals surface area contributed by atoms with E-state index in [1.807, 2.05) is 0 Å². The first-order chi connectivity index (χ1) is 34.7. The van der Waals surface area contributed by atoms with Crippen LogP contribution in [0.4, 0.5) is 9.59 Å². The smallest absolute Gasteiger partial charge is 0.408 e. The van der Waals surface area contributed by atoms with E-state index in [0.29, 0.717) is 0 Å². The van der Waals surface area contributed by atoms with E-state index in [4.69, 9.17) is 18.9 Å². The molecule has 2 atom stereocenters. The van der Waals surface area contributed by atoms with Gasteiger partial charge in [-0.25, -0.2) is 19.2 Å². The van der Waals surface area contributed by atoms with Gasteiger partial charge in [0, 0.05) is 11.5 Å². The van der Waals surface area contributed by atoms with Gasteiger partial charge in [-0.05, 0) is 152 Å². The van der Waals surface area contributed by atoms with Crippen LogP contribution in [0.2, 0.25) is 0 Å². The van der Waals surface area contributed by atoms with E-state index in [1.54, 1.807) is 41.5 Å². The number of hydrogen-bond acceptors (Lipinski definition) is 18. The molecule has 0 saturated heterocycles. The van der Waals surface area contributed by atoms with Gasteiger partial charge >= 0.3 is 24.1 Å². The molecule has 10 N–H and O–H groups in total. The molecule has 10 amide bonds.